The van der Waals surface area contributed by atoms with Crippen LogP contribution in [0.1, 0.15) is 32.1 Å². The Morgan fingerprint density at radius 2 is 1.62 bits per heavy atom. The molecule has 6 rings (SSSR count). The highest BCUT2D eigenvalue weighted by Crippen LogP contribution is 2.56. The molecule has 24 heavy (non-hydrogen) atoms. The van der Waals surface area contributed by atoms with Gasteiger partial charge in [-0.2, -0.15) is 5.10 Å². The van der Waals surface area contributed by atoms with Crippen molar-refractivity contribution < 1.29 is 4.79 Å². The molecule has 0 atom stereocenters. The van der Waals surface area contributed by atoms with Crippen molar-refractivity contribution in [2.75, 3.05) is 5.32 Å². The number of benzene rings is 1. The molecule has 4 nitrogen and oxygen atoms in total. The minimum Gasteiger partial charge on any atom is -0.309 e. The first-order valence-corrected chi connectivity index (χ1v) is 9.18. The summed E-state index contributed by atoms with van der Waals surface area (Å²) < 4.78 is 1.81. The largest absolute Gasteiger partial charge is 0.309 e. The average Bonchev–Trinajstić information content (AvgIpc) is 3.03. The highest BCUT2D eigenvalue weighted by Gasteiger charge is 2.50. The summed E-state index contributed by atoms with van der Waals surface area (Å²) in [6, 6.07) is 11.9. The van der Waals surface area contributed by atoms with Crippen LogP contribution in [-0.2, 0) is 4.79 Å². The van der Waals surface area contributed by atoms with Gasteiger partial charge in [0.2, 0.25) is 5.91 Å². The predicted molar refractivity (Wildman–Crippen MR) is 92.7 cm³/mol. The third kappa shape index (κ3) is 2.36. The first-order chi connectivity index (χ1) is 11.8. The lowest BCUT2D eigenvalue weighted by Crippen LogP contribution is -2.49. The van der Waals surface area contributed by atoms with Crippen LogP contribution in [0, 0.1) is 29.6 Å². The molecular weight excluding hydrogens is 298 g/mol. The molecule has 1 amide bonds. The third-order valence-corrected chi connectivity index (χ3v) is 6.39. The Kier molecular flexibility index (Phi) is 3.25. The summed E-state index contributed by atoms with van der Waals surface area (Å²) >= 11 is 0. The van der Waals surface area contributed by atoms with Crippen molar-refractivity contribution in [1.82, 2.24) is 9.78 Å². The molecule has 124 valence electrons. The normalized spacial score (nSPS) is 33.6. The summed E-state index contributed by atoms with van der Waals surface area (Å²) in [7, 11) is 0. The molecule has 1 N–H and O–H groups in total. The molecule has 1 heterocycles. The van der Waals surface area contributed by atoms with Crippen molar-refractivity contribution in [3.05, 3.63) is 42.6 Å². The van der Waals surface area contributed by atoms with Gasteiger partial charge in [-0.25, -0.2) is 4.68 Å². The van der Waals surface area contributed by atoms with Crippen molar-refractivity contribution in [2.45, 2.75) is 32.1 Å². The lowest BCUT2D eigenvalue weighted by Gasteiger charge is -2.53. The minimum absolute atomic E-state index is 0.196. The highest BCUT2D eigenvalue weighted by molar-refractivity contribution is 5.92. The van der Waals surface area contributed by atoms with Crippen LogP contribution in [-0.4, -0.2) is 15.7 Å². The maximum absolute atomic E-state index is 12.9. The van der Waals surface area contributed by atoms with E-state index in [9.17, 15) is 4.79 Å². The number of amides is 1. The van der Waals surface area contributed by atoms with E-state index in [1.54, 1.807) is 0 Å². The summed E-state index contributed by atoms with van der Waals surface area (Å²) in [4.78, 5) is 12.9. The number of rotatable bonds is 3. The number of hydrogen-bond acceptors (Lipinski definition) is 2. The molecule has 0 unspecified atom stereocenters. The number of hydrogen-bond donors (Lipinski definition) is 1. The number of carbonyl (C=O) groups excluding carboxylic acids is 1. The van der Waals surface area contributed by atoms with Crippen LogP contribution in [0.2, 0.25) is 0 Å². The van der Waals surface area contributed by atoms with E-state index >= 15 is 0 Å². The van der Waals surface area contributed by atoms with Gasteiger partial charge in [0.1, 0.15) is 0 Å². The Hall–Kier alpha value is -2.10. The second kappa shape index (κ2) is 5.47. The molecule has 4 saturated carbocycles. The summed E-state index contributed by atoms with van der Waals surface area (Å²) in [5.41, 5.74) is 1.01. The molecular formula is C20H23N3O. The standard InChI is InChI=1S/C20H23N3O/c24-20(19-15-9-13-8-14(11-15)12-16(19)10-13)21-18-6-7-23(22-18)17-4-2-1-3-5-17/h1-7,13-16,19H,8-12H2,(H,21,22,24). The Morgan fingerprint density at radius 3 is 2.29 bits per heavy atom. The number of anilines is 1. The monoisotopic (exact) mass is 321 g/mol. The SMILES string of the molecule is O=C(Nc1ccn(-c2ccccc2)n1)C1C2CC3CC(C2)CC1C3. The molecule has 4 aliphatic carbocycles. The number of para-hydroxylation sites is 1. The van der Waals surface area contributed by atoms with Crippen molar-refractivity contribution in [1.29, 1.82) is 0 Å². The molecule has 0 radical (unpaired) electrons. The van der Waals surface area contributed by atoms with E-state index < -0.39 is 0 Å². The van der Waals surface area contributed by atoms with Crippen molar-refractivity contribution in [3.8, 4) is 5.69 Å². The van der Waals surface area contributed by atoms with Crippen LogP contribution in [0.25, 0.3) is 5.69 Å². The van der Waals surface area contributed by atoms with Gasteiger partial charge in [0.25, 0.3) is 0 Å². The molecule has 2 aromatic rings. The fourth-order valence-corrected chi connectivity index (χ4v) is 5.68. The fraction of sp³-hybridized carbons (Fsp3) is 0.500. The first kappa shape index (κ1) is 14.3. The van der Waals surface area contributed by atoms with E-state index in [-0.39, 0.29) is 11.8 Å². The van der Waals surface area contributed by atoms with Gasteiger partial charge in [0, 0.05) is 18.2 Å². The minimum atomic E-state index is 0.196. The summed E-state index contributed by atoms with van der Waals surface area (Å²) in [5, 5.41) is 7.61. The van der Waals surface area contributed by atoms with E-state index in [0.29, 0.717) is 17.7 Å². The maximum Gasteiger partial charge on any atom is 0.229 e. The number of aromatic nitrogens is 2. The lowest BCUT2D eigenvalue weighted by atomic mass is 9.51. The number of carbonyl (C=O) groups is 1. The van der Waals surface area contributed by atoms with Gasteiger partial charge >= 0.3 is 0 Å². The summed E-state index contributed by atoms with van der Waals surface area (Å²) in [6.45, 7) is 0. The average molecular weight is 321 g/mol. The molecule has 1 aromatic carbocycles. The zero-order valence-corrected chi connectivity index (χ0v) is 13.8. The Bertz CT molecular complexity index is 723. The van der Waals surface area contributed by atoms with Gasteiger partial charge in [-0.3, -0.25) is 4.79 Å². The van der Waals surface area contributed by atoms with E-state index in [2.05, 4.69) is 10.4 Å². The van der Waals surface area contributed by atoms with Gasteiger partial charge in [0.05, 0.1) is 5.69 Å². The van der Waals surface area contributed by atoms with Crippen LogP contribution in [0.5, 0.6) is 0 Å². The molecule has 0 aliphatic heterocycles. The van der Waals surface area contributed by atoms with E-state index in [0.717, 1.165) is 17.5 Å². The second-order valence-corrected chi connectivity index (χ2v) is 7.93. The van der Waals surface area contributed by atoms with Crippen molar-refractivity contribution in [2.24, 2.45) is 29.6 Å². The molecule has 4 heteroatoms. The number of nitrogens with zero attached hydrogens (tertiary/aromatic N) is 2. The third-order valence-electron chi connectivity index (χ3n) is 6.39. The van der Waals surface area contributed by atoms with Gasteiger partial charge in [-0.15, -0.1) is 0 Å². The second-order valence-electron chi connectivity index (χ2n) is 7.93. The quantitative estimate of drug-likeness (QED) is 0.932. The molecule has 0 spiro atoms. The summed E-state index contributed by atoms with van der Waals surface area (Å²) in [5.74, 6) is 4.08. The molecule has 1 aromatic heterocycles. The van der Waals surface area contributed by atoms with Crippen molar-refractivity contribution in [3.63, 3.8) is 0 Å². The van der Waals surface area contributed by atoms with Crippen LogP contribution in [0.4, 0.5) is 5.82 Å². The van der Waals surface area contributed by atoms with Crippen molar-refractivity contribution >= 4 is 11.7 Å². The predicted octanol–water partition coefficient (Wildman–Crippen LogP) is 3.88. The zero-order chi connectivity index (χ0) is 16.1. The van der Waals surface area contributed by atoms with Gasteiger partial charge < -0.3 is 5.32 Å². The lowest BCUT2D eigenvalue weighted by molar-refractivity contribution is -0.132. The molecule has 4 bridgehead atoms. The molecule has 4 aliphatic rings. The smallest absolute Gasteiger partial charge is 0.229 e. The fourth-order valence-electron chi connectivity index (χ4n) is 5.68. The molecule has 4 fully saturated rings. The van der Waals surface area contributed by atoms with E-state index in [1.807, 2.05) is 47.3 Å². The maximum atomic E-state index is 12.9. The van der Waals surface area contributed by atoms with Crippen LogP contribution < -0.4 is 5.32 Å². The summed E-state index contributed by atoms with van der Waals surface area (Å²) in [6.07, 6.45) is 8.39. The van der Waals surface area contributed by atoms with E-state index in [4.69, 9.17) is 0 Å². The molecule has 0 saturated heterocycles. The Labute approximate surface area is 142 Å². The van der Waals surface area contributed by atoms with Gasteiger partial charge in [-0.05, 0) is 67.9 Å². The Balaban J connectivity index is 1.32. The number of nitrogens with one attached hydrogen (secondary N) is 1. The van der Waals surface area contributed by atoms with Gasteiger partial charge in [0.15, 0.2) is 5.82 Å². The Morgan fingerprint density at radius 1 is 0.958 bits per heavy atom. The topological polar surface area (TPSA) is 46.9 Å². The van der Waals surface area contributed by atoms with Gasteiger partial charge in [-0.1, -0.05) is 18.2 Å². The zero-order valence-electron chi connectivity index (χ0n) is 13.8. The van der Waals surface area contributed by atoms with E-state index in [1.165, 1.54) is 32.1 Å². The van der Waals surface area contributed by atoms with Crippen LogP contribution in [0.15, 0.2) is 42.6 Å². The van der Waals surface area contributed by atoms with Crippen LogP contribution >= 0.6 is 0 Å². The van der Waals surface area contributed by atoms with Crippen LogP contribution in [0.3, 0.4) is 0 Å². The first-order valence-electron chi connectivity index (χ1n) is 9.18. The highest BCUT2D eigenvalue weighted by atomic mass is 16.2.